The Kier molecular flexibility index (Phi) is 7.35. The van der Waals surface area contributed by atoms with E-state index in [1.165, 1.54) is 26.4 Å². The van der Waals surface area contributed by atoms with Crippen LogP contribution >= 0.6 is 15.9 Å². The number of esters is 2. The SMILES string of the molecule is COC(=O)[C@@]1(C)N[C@@H](c2ccc(F)cc2)[C@H]2C(=O)[C@H]3[C@@H](C(=O)[C@H]21)[C@](C(=O)OC)(c1ccccc1)N[C@H]3c1ccc(Br)cc1. The highest BCUT2D eigenvalue weighted by molar-refractivity contribution is 9.10. The number of hydrogen-bond donors (Lipinski definition) is 2. The minimum absolute atomic E-state index is 0.286. The Morgan fingerprint density at radius 1 is 0.744 bits per heavy atom. The molecule has 0 radical (unpaired) electrons. The molecule has 0 amide bonds. The smallest absolute Gasteiger partial charge is 0.331 e. The van der Waals surface area contributed by atoms with Gasteiger partial charge < -0.3 is 9.47 Å². The fourth-order valence-electron chi connectivity index (χ4n) is 7.61. The summed E-state index contributed by atoms with van der Waals surface area (Å²) in [5.74, 6) is -6.97. The molecule has 8 nitrogen and oxygen atoms in total. The van der Waals surface area contributed by atoms with Gasteiger partial charge in [-0.3, -0.25) is 25.0 Å². The second-order valence-electron chi connectivity index (χ2n) is 11.5. The van der Waals surface area contributed by atoms with Crippen LogP contribution in [0.1, 0.15) is 35.7 Å². The lowest BCUT2D eigenvalue weighted by molar-refractivity contribution is -0.161. The fourth-order valence-corrected chi connectivity index (χ4v) is 7.88. The van der Waals surface area contributed by atoms with Crippen LogP contribution in [0.3, 0.4) is 0 Å². The van der Waals surface area contributed by atoms with E-state index >= 15 is 4.79 Å². The van der Waals surface area contributed by atoms with Crippen LogP contribution in [0.4, 0.5) is 4.39 Å². The van der Waals surface area contributed by atoms with Crippen LogP contribution in [0, 0.1) is 29.5 Å². The highest BCUT2D eigenvalue weighted by Gasteiger charge is 2.74. The molecule has 2 N–H and O–H groups in total. The summed E-state index contributed by atoms with van der Waals surface area (Å²) in [6.45, 7) is 1.54. The molecule has 2 aliphatic heterocycles. The van der Waals surface area contributed by atoms with Crippen LogP contribution in [0.5, 0.6) is 0 Å². The molecule has 0 aromatic heterocycles. The molecule has 1 saturated carbocycles. The maximum atomic E-state index is 15.0. The number of benzene rings is 3. The van der Waals surface area contributed by atoms with Crippen molar-refractivity contribution < 1.29 is 33.0 Å². The molecular formula is C33H30BrFN2O6. The average molecular weight is 650 g/mol. The zero-order chi connectivity index (χ0) is 30.7. The molecule has 3 aromatic rings. The van der Waals surface area contributed by atoms with Crippen molar-refractivity contribution in [2.24, 2.45) is 23.7 Å². The molecule has 0 bridgehead atoms. The maximum Gasteiger partial charge on any atom is 0.331 e. The van der Waals surface area contributed by atoms with E-state index in [2.05, 4.69) is 26.6 Å². The maximum absolute atomic E-state index is 15.0. The van der Waals surface area contributed by atoms with E-state index in [4.69, 9.17) is 9.47 Å². The summed E-state index contributed by atoms with van der Waals surface area (Å²) >= 11 is 3.45. The van der Waals surface area contributed by atoms with E-state index in [0.29, 0.717) is 16.7 Å². The zero-order valence-corrected chi connectivity index (χ0v) is 25.3. The number of Topliss-reactive ketones (excluding diaryl/α,β-unsaturated/α-hetero) is 2. The highest BCUT2D eigenvalue weighted by Crippen LogP contribution is 2.59. The van der Waals surface area contributed by atoms with Crippen molar-refractivity contribution in [2.75, 3.05) is 14.2 Å². The Bertz CT molecular complexity index is 1600. The molecule has 2 saturated heterocycles. The van der Waals surface area contributed by atoms with Crippen LogP contribution in [0.2, 0.25) is 0 Å². The predicted octanol–water partition coefficient (Wildman–Crippen LogP) is 4.19. The van der Waals surface area contributed by atoms with Crippen LogP contribution in [0.25, 0.3) is 0 Å². The van der Waals surface area contributed by atoms with Crippen molar-refractivity contribution in [3.05, 3.63) is 106 Å². The predicted molar refractivity (Wildman–Crippen MR) is 157 cm³/mol. The van der Waals surface area contributed by atoms with Crippen molar-refractivity contribution in [2.45, 2.75) is 30.1 Å². The van der Waals surface area contributed by atoms with E-state index in [0.717, 1.165) is 4.47 Å². The van der Waals surface area contributed by atoms with Gasteiger partial charge in [0.2, 0.25) is 0 Å². The monoisotopic (exact) mass is 648 g/mol. The van der Waals surface area contributed by atoms with Crippen LogP contribution in [-0.4, -0.2) is 43.3 Å². The molecule has 2 heterocycles. The first-order valence-electron chi connectivity index (χ1n) is 13.9. The molecule has 8 atom stereocenters. The van der Waals surface area contributed by atoms with Crippen LogP contribution < -0.4 is 10.6 Å². The van der Waals surface area contributed by atoms with E-state index < -0.39 is 70.4 Å². The lowest BCUT2D eigenvalue weighted by Gasteiger charge is -2.42. The van der Waals surface area contributed by atoms with Gasteiger partial charge in [0, 0.05) is 22.5 Å². The Morgan fingerprint density at radius 2 is 1.28 bits per heavy atom. The molecular weight excluding hydrogens is 619 g/mol. The summed E-state index contributed by atoms with van der Waals surface area (Å²) in [7, 11) is 2.46. The zero-order valence-electron chi connectivity index (χ0n) is 23.7. The number of ketones is 2. The minimum Gasteiger partial charge on any atom is -0.468 e. The number of halogens is 2. The second-order valence-corrected chi connectivity index (χ2v) is 12.4. The number of carbonyl (C=O) groups is 4. The van der Waals surface area contributed by atoms with Crippen molar-refractivity contribution in [3.8, 4) is 0 Å². The standard InChI is InChI=1S/C33H30BrFN2O6/c1-32(30(40)42-2)24-22(26(36-32)18-11-15-21(35)16-12-18)28(38)23-25(29(24)39)33(31(41)43-3,19-7-5-4-6-8-19)37-27(23)17-9-13-20(34)14-10-17/h4-16,22-27,36-37H,1-3H3/t22-,23-,24-,25-,26-,27-,32-,33-/m0/s1. The number of rotatable bonds is 5. The Hall–Kier alpha value is -3.73. The summed E-state index contributed by atoms with van der Waals surface area (Å²) in [6.07, 6.45) is 0. The first-order valence-corrected chi connectivity index (χ1v) is 14.7. The lowest BCUT2D eigenvalue weighted by Crippen LogP contribution is -2.61. The Labute approximate surface area is 256 Å². The first-order chi connectivity index (χ1) is 20.6. The number of nitrogens with one attached hydrogen (secondary N) is 2. The van der Waals surface area contributed by atoms with Gasteiger partial charge in [0.25, 0.3) is 0 Å². The van der Waals surface area contributed by atoms with Crippen LogP contribution in [-0.2, 0) is 34.2 Å². The second kappa shape index (κ2) is 10.8. The summed E-state index contributed by atoms with van der Waals surface area (Å²) in [6, 6.07) is 20.2. The lowest BCUT2D eigenvalue weighted by atomic mass is 9.57. The third kappa shape index (κ3) is 4.29. The minimum atomic E-state index is -1.72. The normalized spacial score (nSPS) is 33.0. The third-order valence-electron chi connectivity index (χ3n) is 9.44. The number of fused-ring (bicyclic) bond motifs is 2. The molecule has 3 aliphatic rings. The van der Waals surface area contributed by atoms with Crippen molar-refractivity contribution >= 4 is 39.4 Å². The van der Waals surface area contributed by atoms with E-state index in [1.54, 1.807) is 49.4 Å². The number of ether oxygens (including phenoxy) is 2. The van der Waals surface area contributed by atoms with Gasteiger partial charge in [-0.05, 0) is 47.9 Å². The number of carbonyl (C=O) groups excluding carboxylic acids is 4. The van der Waals surface area contributed by atoms with Gasteiger partial charge in [0.15, 0.2) is 5.54 Å². The highest BCUT2D eigenvalue weighted by atomic mass is 79.9. The first kappa shape index (κ1) is 29.3. The van der Waals surface area contributed by atoms with E-state index in [-0.39, 0.29) is 5.78 Å². The number of hydrogen-bond acceptors (Lipinski definition) is 8. The number of methoxy groups -OCH3 is 2. The summed E-state index contributed by atoms with van der Waals surface area (Å²) in [5.41, 5.74) is -1.60. The van der Waals surface area contributed by atoms with Crippen molar-refractivity contribution in [3.63, 3.8) is 0 Å². The van der Waals surface area contributed by atoms with Gasteiger partial charge in [0.05, 0.1) is 32.0 Å². The molecule has 3 aromatic carbocycles. The molecule has 10 heteroatoms. The molecule has 43 heavy (non-hydrogen) atoms. The van der Waals surface area contributed by atoms with Crippen molar-refractivity contribution in [1.29, 1.82) is 0 Å². The van der Waals surface area contributed by atoms with Crippen molar-refractivity contribution in [1.82, 2.24) is 10.6 Å². The molecule has 0 unspecified atom stereocenters. The van der Waals surface area contributed by atoms with E-state index in [9.17, 15) is 18.8 Å². The van der Waals surface area contributed by atoms with Gasteiger partial charge in [0.1, 0.15) is 22.9 Å². The molecule has 222 valence electrons. The van der Waals surface area contributed by atoms with Gasteiger partial charge in [-0.1, -0.05) is 70.5 Å². The van der Waals surface area contributed by atoms with Gasteiger partial charge in [-0.2, -0.15) is 0 Å². The molecule has 0 spiro atoms. The third-order valence-corrected chi connectivity index (χ3v) is 9.97. The van der Waals surface area contributed by atoms with E-state index in [1.807, 2.05) is 24.3 Å². The molecule has 6 rings (SSSR count). The summed E-state index contributed by atoms with van der Waals surface area (Å²) in [4.78, 5) is 57.3. The largest absolute Gasteiger partial charge is 0.468 e. The average Bonchev–Trinajstić information content (AvgIpc) is 3.56. The fraction of sp³-hybridized carbons (Fsp3) is 0.333. The Balaban J connectivity index is 1.60. The van der Waals surface area contributed by atoms with Gasteiger partial charge in [-0.15, -0.1) is 0 Å². The quantitative estimate of drug-likeness (QED) is 0.396. The van der Waals surface area contributed by atoms with Gasteiger partial charge >= 0.3 is 11.9 Å². The molecule has 1 aliphatic carbocycles. The molecule has 3 fully saturated rings. The van der Waals surface area contributed by atoms with Gasteiger partial charge in [-0.25, -0.2) is 9.18 Å². The topological polar surface area (TPSA) is 111 Å². The Morgan fingerprint density at radius 3 is 1.86 bits per heavy atom. The van der Waals surface area contributed by atoms with Crippen LogP contribution in [0.15, 0.2) is 83.3 Å². The summed E-state index contributed by atoms with van der Waals surface area (Å²) < 4.78 is 25.2. The summed E-state index contributed by atoms with van der Waals surface area (Å²) in [5, 5.41) is 6.65.